The largest absolute Gasteiger partial charge is 0.478 e. The second-order valence-electron chi connectivity index (χ2n) is 17.9. The molecular weight excluding hydrogens is 536 g/mol. The molecule has 7 rings (SSSR count). The summed E-state index contributed by atoms with van der Waals surface area (Å²) >= 11 is 0. The maximum absolute atomic E-state index is 13.4. The number of esters is 1. The van der Waals surface area contributed by atoms with E-state index in [0.717, 1.165) is 25.4 Å². The number of fused-ring (bicyclic) bond motifs is 5. The molecule has 236 valence electrons. The quantitative estimate of drug-likeness (QED) is 0.356. The lowest BCUT2D eigenvalue weighted by molar-refractivity contribution is -0.252. The van der Waals surface area contributed by atoms with Gasteiger partial charge in [0.2, 0.25) is 0 Å². The number of carboxylic acids is 1. The van der Waals surface area contributed by atoms with Crippen LogP contribution in [0, 0.1) is 56.2 Å². The third-order valence-corrected chi connectivity index (χ3v) is 15.7. The van der Waals surface area contributed by atoms with Gasteiger partial charge in [-0.05, 0) is 127 Å². The van der Waals surface area contributed by atoms with Crippen molar-refractivity contribution in [2.24, 2.45) is 56.2 Å². The average molecular weight is 591 g/mol. The van der Waals surface area contributed by atoms with E-state index >= 15 is 0 Å². The van der Waals surface area contributed by atoms with Crippen molar-refractivity contribution in [2.75, 3.05) is 6.61 Å². The molecule has 1 aliphatic heterocycles. The summed E-state index contributed by atoms with van der Waals surface area (Å²) in [4.78, 5) is 25.2. The van der Waals surface area contributed by atoms with Crippen LogP contribution in [-0.2, 0) is 9.47 Å². The Hall–Kier alpha value is -1.88. The van der Waals surface area contributed by atoms with Crippen molar-refractivity contribution in [2.45, 2.75) is 125 Å². The number of hydrogen-bond donors (Lipinski definition) is 1. The summed E-state index contributed by atoms with van der Waals surface area (Å²) < 4.78 is 13.0. The number of carbonyl (C=O) groups excluding carboxylic acids is 1. The molecule has 5 aliphatic carbocycles. The molecule has 6 aliphatic rings. The lowest BCUT2D eigenvalue weighted by Gasteiger charge is -2.73. The van der Waals surface area contributed by atoms with Gasteiger partial charge in [0.05, 0.1) is 23.8 Å². The van der Waals surface area contributed by atoms with Crippen LogP contribution < -0.4 is 0 Å². The Balaban J connectivity index is 1.16. The van der Waals surface area contributed by atoms with Gasteiger partial charge < -0.3 is 14.6 Å². The first-order valence-corrected chi connectivity index (χ1v) is 17.3. The van der Waals surface area contributed by atoms with Crippen LogP contribution >= 0.6 is 0 Å². The van der Waals surface area contributed by atoms with E-state index in [1.165, 1.54) is 57.4 Å². The van der Waals surface area contributed by atoms with Crippen LogP contribution in [0.1, 0.15) is 133 Å². The van der Waals surface area contributed by atoms with Crippen molar-refractivity contribution >= 4 is 11.9 Å². The van der Waals surface area contributed by atoms with E-state index in [0.29, 0.717) is 40.1 Å². The fourth-order valence-electron chi connectivity index (χ4n) is 13.2. The number of carbonyl (C=O) groups is 2. The zero-order chi connectivity index (χ0) is 30.8. The topological polar surface area (TPSA) is 72.8 Å². The van der Waals surface area contributed by atoms with E-state index < -0.39 is 11.9 Å². The average Bonchev–Trinajstić information content (AvgIpc) is 3.29. The zero-order valence-electron chi connectivity index (χ0n) is 27.6. The van der Waals surface area contributed by atoms with Gasteiger partial charge in [0.25, 0.3) is 0 Å². The van der Waals surface area contributed by atoms with Crippen molar-refractivity contribution < 1.29 is 24.2 Å². The van der Waals surface area contributed by atoms with Gasteiger partial charge >= 0.3 is 11.9 Å². The first-order valence-electron chi connectivity index (χ1n) is 17.3. The van der Waals surface area contributed by atoms with E-state index in [9.17, 15) is 14.7 Å². The molecule has 10 atom stereocenters. The molecule has 5 nitrogen and oxygen atoms in total. The van der Waals surface area contributed by atoms with Crippen LogP contribution in [0.25, 0.3) is 0 Å². The molecule has 0 radical (unpaired) electrons. The third kappa shape index (κ3) is 3.85. The molecule has 5 heteroatoms. The minimum Gasteiger partial charge on any atom is -0.478 e. The summed E-state index contributed by atoms with van der Waals surface area (Å²) in [5, 5.41) is 9.66. The summed E-state index contributed by atoms with van der Waals surface area (Å²) in [5.41, 5.74) is 1.49. The standard InChI is InChI=1S/C38H54O5/c1-33(2)18-20-38-21-19-36(6)25(29(38)30(33)42-22-38)12-13-27-35(5)16-15-28(34(3,4)26(35)14-17-37(27,36)7)43-32(41)24-11-9-8-10-23(24)31(39)40/h8-11,25-30H,12-22H2,1-7H3,(H,39,40)/t25-,26-,27-,28-,29-,30-,35+,36-,37-,38+/m1/s1. The van der Waals surface area contributed by atoms with Gasteiger partial charge in [0, 0.05) is 5.41 Å². The molecule has 1 heterocycles. The molecule has 5 saturated carbocycles. The first-order chi connectivity index (χ1) is 20.1. The van der Waals surface area contributed by atoms with Crippen LogP contribution in [0.3, 0.4) is 0 Å². The third-order valence-electron chi connectivity index (χ3n) is 15.7. The minimum atomic E-state index is -1.09. The SMILES string of the molecule is CC1(C)CC[C@@]23CC[C@]4(C)[C@H](CC[C@@H]5[C@@]6(C)CC[C@@H](OC(=O)c7ccccc7C(=O)O)C(C)(C)[C@H]6CC[C@]54C)[C@@H]2[C@H]1OC3. The predicted octanol–water partition coefficient (Wildman–Crippen LogP) is 8.80. The molecule has 0 spiro atoms. The van der Waals surface area contributed by atoms with Gasteiger partial charge in [-0.25, -0.2) is 9.59 Å². The number of aromatic carboxylic acids is 1. The molecule has 1 aromatic carbocycles. The maximum atomic E-state index is 13.4. The number of rotatable bonds is 3. The molecule has 1 saturated heterocycles. The van der Waals surface area contributed by atoms with Crippen LogP contribution in [0.4, 0.5) is 0 Å². The van der Waals surface area contributed by atoms with Gasteiger partial charge in [-0.2, -0.15) is 0 Å². The van der Waals surface area contributed by atoms with Crippen molar-refractivity contribution in [3.05, 3.63) is 35.4 Å². The first kappa shape index (κ1) is 29.8. The van der Waals surface area contributed by atoms with Gasteiger partial charge in [-0.15, -0.1) is 0 Å². The van der Waals surface area contributed by atoms with Gasteiger partial charge in [-0.3, -0.25) is 0 Å². The smallest absolute Gasteiger partial charge is 0.339 e. The maximum Gasteiger partial charge on any atom is 0.339 e. The second kappa shape index (κ2) is 9.33. The minimum absolute atomic E-state index is 0.0128. The molecule has 0 aromatic heterocycles. The summed E-state index contributed by atoms with van der Waals surface area (Å²) in [6.45, 7) is 18.5. The zero-order valence-corrected chi connectivity index (χ0v) is 27.6. The van der Waals surface area contributed by atoms with Crippen LogP contribution in [0.15, 0.2) is 24.3 Å². The number of carboxylic acid groups (broad SMARTS) is 1. The van der Waals surface area contributed by atoms with Crippen LogP contribution in [0.5, 0.6) is 0 Å². The summed E-state index contributed by atoms with van der Waals surface area (Å²) in [5.74, 6) is 0.976. The summed E-state index contributed by atoms with van der Waals surface area (Å²) in [6.07, 6.45) is 12.4. The Kier molecular flexibility index (Phi) is 6.47. The van der Waals surface area contributed by atoms with Crippen molar-refractivity contribution in [1.29, 1.82) is 0 Å². The molecular formula is C38H54O5. The Morgan fingerprint density at radius 2 is 1.49 bits per heavy atom. The highest BCUT2D eigenvalue weighted by atomic mass is 16.5. The molecule has 0 unspecified atom stereocenters. The van der Waals surface area contributed by atoms with E-state index in [1.54, 1.807) is 18.2 Å². The highest BCUT2D eigenvalue weighted by molar-refractivity contribution is 6.02. The number of hydrogen-bond acceptors (Lipinski definition) is 4. The number of ether oxygens (including phenoxy) is 2. The molecule has 1 N–H and O–H groups in total. The fraction of sp³-hybridized carbons (Fsp3) is 0.789. The van der Waals surface area contributed by atoms with Crippen LogP contribution in [-0.4, -0.2) is 35.9 Å². The Bertz CT molecular complexity index is 1330. The lowest BCUT2D eigenvalue weighted by Crippen LogP contribution is -2.68. The van der Waals surface area contributed by atoms with Crippen molar-refractivity contribution in [3.63, 3.8) is 0 Å². The molecule has 2 bridgehead atoms. The highest BCUT2D eigenvalue weighted by Crippen LogP contribution is 2.78. The Morgan fingerprint density at radius 3 is 2.21 bits per heavy atom. The monoisotopic (exact) mass is 590 g/mol. The molecule has 43 heavy (non-hydrogen) atoms. The summed E-state index contributed by atoms with van der Waals surface area (Å²) in [7, 11) is 0. The van der Waals surface area contributed by atoms with Gasteiger partial charge in [-0.1, -0.05) is 60.6 Å². The summed E-state index contributed by atoms with van der Waals surface area (Å²) in [6, 6.07) is 6.43. The second-order valence-corrected chi connectivity index (χ2v) is 17.9. The van der Waals surface area contributed by atoms with E-state index in [2.05, 4.69) is 48.5 Å². The molecule has 1 aromatic rings. The number of benzene rings is 1. The van der Waals surface area contributed by atoms with E-state index in [4.69, 9.17) is 9.47 Å². The Morgan fingerprint density at radius 1 is 0.791 bits per heavy atom. The predicted molar refractivity (Wildman–Crippen MR) is 167 cm³/mol. The molecule has 6 fully saturated rings. The Labute approximate surface area is 258 Å². The fourth-order valence-corrected chi connectivity index (χ4v) is 13.2. The normalized spacial score (nSPS) is 47.3. The van der Waals surface area contributed by atoms with Gasteiger partial charge in [0.1, 0.15) is 6.10 Å². The van der Waals surface area contributed by atoms with Crippen molar-refractivity contribution in [1.82, 2.24) is 0 Å². The van der Waals surface area contributed by atoms with E-state index in [1.807, 2.05) is 0 Å². The highest BCUT2D eigenvalue weighted by Gasteiger charge is 2.73. The van der Waals surface area contributed by atoms with Crippen molar-refractivity contribution in [3.8, 4) is 0 Å². The van der Waals surface area contributed by atoms with E-state index in [-0.39, 0.29) is 33.5 Å². The molecule has 0 amide bonds. The van der Waals surface area contributed by atoms with Gasteiger partial charge in [0.15, 0.2) is 0 Å². The lowest BCUT2D eigenvalue weighted by atomic mass is 9.31. The van der Waals surface area contributed by atoms with Crippen LogP contribution in [0.2, 0.25) is 0 Å².